The summed E-state index contributed by atoms with van der Waals surface area (Å²) in [4.78, 5) is 14.1. The second kappa shape index (κ2) is 8.56. The maximum Gasteiger partial charge on any atom is 0.252 e. The molecular formula is C18H21ClN2O2. The van der Waals surface area contributed by atoms with E-state index in [0.717, 1.165) is 12.1 Å². The van der Waals surface area contributed by atoms with Gasteiger partial charge in [0.1, 0.15) is 12.4 Å². The molecule has 122 valence electrons. The van der Waals surface area contributed by atoms with Crippen molar-refractivity contribution >= 4 is 17.5 Å². The van der Waals surface area contributed by atoms with Crippen molar-refractivity contribution in [2.75, 3.05) is 27.2 Å². The highest BCUT2D eigenvalue weighted by atomic mass is 35.5. The van der Waals surface area contributed by atoms with Gasteiger partial charge < -0.3 is 15.0 Å². The predicted octanol–water partition coefficient (Wildman–Crippen LogP) is 3.21. The number of halogens is 1. The SMILES string of the molecule is CN(C)CCNC(=O)c1ccc(OCc2ccccc2)cc1Cl. The lowest BCUT2D eigenvalue weighted by Gasteiger charge is -2.12. The molecule has 2 aromatic carbocycles. The zero-order chi connectivity index (χ0) is 16.7. The molecule has 0 atom stereocenters. The molecule has 2 rings (SSSR count). The van der Waals surface area contributed by atoms with Gasteiger partial charge in [0.25, 0.3) is 5.91 Å². The number of carbonyl (C=O) groups is 1. The van der Waals surface area contributed by atoms with E-state index in [4.69, 9.17) is 16.3 Å². The zero-order valence-corrected chi connectivity index (χ0v) is 14.1. The maximum atomic E-state index is 12.1. The Morgan fingerprint density at radius 3 is 2.57 bits per heavy atom. The van der Waals surface area contributed by atoms with Crippen molar-refractivity contribution in [2.45, 2.75) is 6.61 Å². The van der Waals surface area contributed by atoms with E-state index in [2.05, 4.69) is 5.32 Å². The summed E-state index contributed by atoms with van der Waals surface area (Å²) in [6, 6.07) is 15.0. The molecule has 0 unspecified atom stereocenters. The van der Waals surface area contributed by atoms with Gasteiger partial charge in [0.15, 0.2) is 0 Å². The number of hydrogen-bond donors (Lipinski definition) is 1. The van der Waals surface area contributed by atoms with Crippen LogP contribution in [0.25, 0.3) is 0 Å². The highest BCUT2D eigenvalue weighted by Gasteiger charge is 2.11. The molecule has 0 aliphatic carbocycles. The number of amides is 1. The summed E-state index contributed by atoms with van der Waals surface area (Å²) in [5.41, 5.74) is 1.53. The van der Waals surface area contributed by atoms with E-state index in [0.29, 0.717) is 29.5 Å². The number of carbonyl (C=O) groups excluding carboxylic acids is 1. The van der Waals surface area contributed by atoms with Crippen molar-refractivity contribution in [2.24, 2.45) is 0 Å². The maximum absolute atomic E-state index is 12.1. The number of rotatable bonds is 7. The van der Waals surface area contributed by atoms with E-state index in [1.165, 1.54) is 0 Å². The van der Waals surface area contributed by atoms with Gasteiger partial charge in [-0.3, -0.25) is 4.79 Å². The lowest BCUT2D eigenvalue weighted by Crippen LogP contribution is -2.31. The fourth-order valence-electron chi connectivity index (χ4n) is 2.00. The van der Waals surface area contributed by atoms with Crippen molar-refractivity contribution in [3.05, 3.63) is 64.7 Å². The summed E-state index contributed by atoms with van der Waals surface area (Å²) in [5, 5.41) is 3.23. The first-order valence-corrected chi connectivity index (χ1v) is 7.83. The number of nitrogens with one attached hydrogen (secondary N) is 1. The van der Waals surface area contributed by atoms with Gasteiger partial charge in [-0.05, 0) is 37.9 Å². The van der Waals surface area contributed by atoms with Crippen molar-refractivity contribution in [1.29, 1.82) is 0 Å². The quantitative estimate of drug-likeness (QED) is 0.846. The molecule has 0 aliphatic rings. The average Bonchev–Trinajstić information content (AvgIpc) is 2.53. The molecule has 0 saturated carbocycles. The number of benzene rings is 2. The fourth-order valence-corrected chi connectivity index (χ4v) is 2.26. The molecule has 0 saturated heterocycles. The molecule has 0 heterocycles. The summed E-state index contributed by atoms with van der Waals surface area (Å²) in [6.07, 6.45) is 0. The van der Waals surface area contributed by atoms with Gasteiger partial charge in [-0.15, -0.1) is 0 Å². The van der Waals surface area contributed by atoms with Crippen LogP contribution in [0.5, 0.6) is 5.75 Å². The van der Waals surface area contributed by atoms with Crippen LogP contribution in [-0.4, -0.2) is 38.0 Å². The van der Waals surface area contributed by atoms with Crippen LogP contribution in [0.15, 0.2) is 48.5 Å². The Morgan fingerprint density at radius 2 is 1.91 bits per heavy atom. The predicted molar refractivity (Wildman–Crippen MR) is 93.1 cm³/mol. The Hall–Kier alpha value is -2.04. The molecule has 2 aromatic rings. The van der Waals surface area contributed by atoms with Crippen LogP contribution in [0, 0.1) is 0 Å². The van der Waals surface area contributed by atoms with Crippen molar-refractivity contribution in [1.82, 2.24) is 10.2 Å². The topological polar surface area (TPSA) is 41.6 Å². The lowest BCUT2D eigenvalue weighted by atomic mass is 10.2. The largest absolute Gasteiger partial charge is 0.489 e. The monoisotopic (exact) mass is 332 g/mol. The van der Waals surface area contributed by atoms with Crippen LogP contribution in [0.2, 0.25) is 5.02 Å². The van der Waals surface area contributed by atoms with Crippen LogP contribution in [0.4, 0.5) is 0 Å². The molecule has 0 aliphatic heterocycles. The van der Waals surface area contributed by atoms with Gasteiger partial charge in [0.2, 0.25) is 0 Å². The highest BCUT2D eigenvalue weighted by Crippen LogP contribution is 2.23. The molecular weight excluding hydrogens is 312 g/mol. The van der Waals surface area contributed by atoms with E-state index >= 15 is 0 Å². The average molecular weight is 333 g/mol. The minimum Gasteiger partial charge on any atom is -0.489 e. The van der Waals surface area contributed by atoms with Gasteiger partial charge in [0, 0.05) is 13.1 Å². The van der Waals surface area contributed by atoms with Crippen LogP contribution in [0.3, 0.4) is 0 Å². The summed E-state index contributed by atoms with van der Waals surface area (Å²) in [6.45, 7) is 1.82. The second-order valence-corrected chi connectivity index (χ2v) is 5.88. The van der Waals surface area contributed by atoms with E-state index in [1.807, 2.05) is 49.3 Å². The first-order valence-electron chi connectivity index (χ1n) is 7.45. The van der Waals surface area contributed by atoms with Crippen molar-refractivity contribution in [3.8, 4) is 5.75 Å². The summed E-state index contributed by atoms with van der Waals surface area (Å²) >= 11 is 6.20. The van der Waals surface area contributed by atoms with Crippen LogP contribution < -0.4 is 10.1 Å². The minimum atomic E-state index is -0.175. The third kappa shape index (κ3) is 5.58. The molecule has 23 heavy (non-hydrogen) atoms. The molecule has 0 radical (unpaired) electrons. The zero-order valence-electron chi connectivity index (χ0n) is 13.4. The third-order valence-corrected chi connectivity index (χ3v) is 3.59. The summed E-state index contributed by atoms with van der Waals surface area (Å²) < 4.78 is 5.70. The van der Waals surface area contributed by atoms with Gasteiger partial charge in [0.05, 0.1) is 10.6 Å². The number of ether oxygens (including phenoxy) is 1. The number of nitrogens with zero attached hydrogens (tertiary/aromatic N) is 1. The van der Waals surface area contributed by atoms with Gasteiger partial charge in [-0.25, -0.2) is 0 Å². The van der Waals surface area contributed by atoms with E-state index in [9.17, 15) is 4.79 Å². The summed E-state index contributed by atoms with van der Waals surface area (Å²) in [7, 11) is 3.91. The normalized spacial score (nSPS) is 10.6. The molecule has 4 nitrogen and oxygen atoms in total. The molecule has 5 heteroatoms. The molecule has 0 fully saturated rings. The highest BCUT2D eigenvalue weighted by molar-refractivity contribution is 6.34. The summed E-state index contributed by atoms with van der Waals surface area (Å²) in [5.74, 6) is 0.468. The Labute approximate surface area is 142 Å². The number of likely N-dealkylation sites (N-methyl/N-ethyl adjacent to an activating group) is 1. The standard InChI is InChI=1S/C18H21ClN2O2/c1-21(2)11-10-20-18(22)16-9-8-15(12-17(16)19)23-13-14-6-4-3-5-7-14/h3-9,12H,10-11,13H2,1-2H3,(H,20,22). The second-order valence-electron chi connectivity index (χ2n) is 5.48. The molecule has 0 bridgehead atoms. The van der Waals surface area contributed by atoms with Gasteiger partial charge >= 0.3 is 0 Å². The smallest absolute Gasteiger partial charge is 0.252 e. The Kier molecular flexibility index (Phi) is 6.44. The third-order valence-electron chi connectivity index (χ3n) is 3.28. The van der Waals surface area contributed by atoms with Gasteiger partial charge in [-0.2, -0.15) is 0 Å². The molecule has 1 amide bonds. The van der Waals surface area contributed by atoms with Crippen LogP contribution >= 0.6 is 11.6 Å². The van der Waals surface area contributed by atoms with Crippen LogP contribution in [0.1, 0.15) is 15.9 Å². The van der Waals surface area contributed by atoms with Crippen molar-refractivity contribution < 1.29 is 9.53 Å². The lowest BCUT2D eigenvalue weighted by molar-refractivity contribution is 0.0951. The Morgan fingerprint density at radius 1 is 1.17 bits per heavy atom. The molecule has 1 N–H and O–H groups in total. The Bertz CT molecular complexity index is 645. The van der Waals surface area contributed by atoms with E-state index in [-0.39, 0.29) is 5.91 Å². The molecule has 0 spiro atoms. The van der Waals surface area contributed by atoms with E-state index in [1.54, 1.807) is 18.2 Å². The molecule has 0 aromatic heterocycles. The minimum absolute atomic E-state index is 0.175. The number of hydrogen-bond acceptors (Lipinski definition) is 3. The van der Waals surface area contributed by atoms with Gasteiger partial charge in [-0.1, -0.05) is 41.9 Å². The van der Waals surface area contributed by atoms with E-state index < -0.39 is 0 Å². The first kappa shape index (κ1) is 17.3. The first-order chi connectivity index (χ1) is 11.1. The fraction of sp³-hybridized carbons (Fsp3) is 0.278. The van der Waals surface area contributed by atoms with Crippen molar-refractivity contribution in [3.63, 3.8) is 0 Å². The Balaban J connectivity index is 1.93. The van der Waals surface area contributed by atoms with Crippen LogP contribution in [-0.2, 0) is 6.61 Å².